The van der Waals surface area contributed by atoms with E-state index in [9.17, 15) is 4.79 Å². The number of nitrogens with one attached hydrogen (secondary N) is 1. The number of rotatable bonds is 4. The summed E-state index contributed by atoms with van der Waals surface area (Å²) in [5.74, 6) is 0.332. The third kappa shape index (κ3) is 3.77. The molecule has 5 rings (SSSR count). The Labute approximate surface area is 174 Å². The van der Waals surface area contributed by atoms with Crippen LogP contribution in [-0.2, 0) is 33.7 Å². The van der Waals surface area contributed by atoms with Crippen molar-refractivity contribution in [1.82, 2.24) is 15.3 Å². The summed E-state index contributed by atoms with van der Waals surface area (Å²) in [5, 5.41) is 2.97. The lowest BCUT2D eigenvalue weighted by Gasteiger charge is -2.33. The first-order chi connectivity index (χ1) is 14.7. The van der Waals surface area contributed by atoms with Gasteiger partial charge in [0.2, 0.25) is 0 Å². The van der Waals surface area contributed by atoms with Crippen LogP contribution in [0.5, 0.6) is 0 Å². The number of carbonyl (C=O) groups is 1. The molecule has 1 aromatic heterocycles. The van der Waals surface area contributed by atoms with Crippen molar-refractivity contribution in [2.75, 3.05) is 18.0 Å². The van der Waals surface area contributed by atoms with Crippen LogP contribution in [0.4, 0.5) is 10.6 Å². The van der Waals surface area contributed by atoms with Gasteiger partial charge in [-0.1, -0.05) is 30.3 Å². The summed E-state index contributed by atoms with van der Waals surface area (Å²) < 4.78 is 16.7. The van der Waals surface area contributed by atoms with Crippen LogP contribution in [0.1, 0.15) is 29.7 Å². The molecule has 3 heterocycles. The summed E-state index contributed by atoms with van der Waals surface area (Å²) in [5.41, 5.74) is 3.08. The van der Waals surface area contributed by atoms with Gasteiger partial charge in [-0.3, -0.25) is 0 Å². The largest absolute Gasteiger partial charge is 0.456 e. The third-order valence-electron chi connectivity index (χ3n) is 5.85. The summed E-state index contributed by atoms with van der Waals surface area (Å²) in [4.78, 5) is 23.4. The zero-order valence-electron chi connectivity index (χ0n) is 16.6. The fraction of sp³-hybridized carbons (Fsp3) is 0.409. The van der Waals surface area contributed by atoms with Gasteiger partial charge in [0.1, 0.15) is 31.3 Å². The van der Waals surface area contributed by atoms with Gasteiger partial charge in [0.15, 0.2) is 0 Å². The molecule has 0 saturated carbocycles. The van der Waals surface area contributed by atoms with Crippen molar-refractivity contribution >= 4 is 11.9 Å². The number of fused-ring (bicyclic) bond motifs is 1. The zero-order valence-corrected chi connectivity index (χ0v) is 16.6. The molecule has 8 heteroatoms. The summed E-state index contributed by atoms with van der Waals surface area (Å²) >= 11 is 0. The number of hydrogen-bond donors (Lipinski definition) is 1. The molecule has 1 aliphatic carbocycles. The van der Waals surface area contributed by atoms with Crippen molar-refractivity contribution in [3.63, 3.8) is 0 Å². The standard InChI is InChI=1S/C22H24N4O4/c27-21(28-14-16-4-2-1-3-5-16)25-17-7-9-26(13-17)20-18-6-8-22(29-10-11-30-22)12-19(18)23-15-24-20/h1-5,10-11,15,17H,6-9,12-14H2,(H,25,27)/t17-/m1/s1. The molecule has 1 saturated heterocycles. The number of benzene rings is 1. The predicted octanol–water partition coefficient (Wildman–Crippen LogP) is 2.68. The molecule has 2 aliphatic heterocycles. The number of ether oxygens (including phenoxy) is 3. The van der Waals surface area contributed by atoms with Gasteiger partial charge in [-0.05, 0) is 18.4 Å². The molecule has 156 valence electrons. The van der Waals surface area contributed by atoms with Gasteiger partial charge in [-0.2, -0.15) is 0 Å². The van der Waals surface area contributed by atoms with Gasteiger partial charge < -0.3 is 24.4 Å². The minimum atomic E-state index is -0.615. The van der Waals surface area contributed by atoms with Crippen molar-refractivity contribution < 1.29 is 19.0 Å². The molecule has 30 heavy (non-hydrogen) atoms. The molecule has 1 aromatic carbocycles. The molecule has 1 fully saturated rings. The first-order valence-corrected chi connectivity index (χ1v) is 10.3. The second-order valence-electron chi connectivity index (χ2n) is 7.86. The van der Waals surface area contributed by atoms with Crippen molar-refractivity contribution in [3.8, 4) is 0 Å². The van der Waals surface area contributed by atoms with E-state index in [2.05, 4.69) is 20.2 Å². The molecule has 0 radical (unpaired) electrons. The zero-order chi connectivity index (χ0) is 20.4. The summed E-state index contributed by atoms with van der Waals surface area (Å²) in [6, 6.07) is 9.69. The average molecular weight is 408 g/mol. The maximum absolute atomic E-state index is 12.2. The van der Waals surface area contributed by atoms with Gasteiger partial charge >= 0.3 is 6.09 Å². The van der Waals surface area contributed by atoms with E-state index in [0.29, 0.717) is 13.0 Å². The molecule has 3 aliphatic rings. The van der Waals surface area contributed by atoms with Crippen molar-refractivity contribution in [2.45, 2.75) is 44.1 Å². The van der Waals surface area contributed by atoms with Crippen molar-refractivity contribution in [2.24, 2.45) is 0 Å². The summed E-state index contributed by atoms with van der Waals surface area (Å²) in [6.07, 6.45) is 7.41. The van der Waals surface area contributed by atoms with Crippen molar-refractivity contribution in [3.05, 3.63) is 66.0 Å². The topological polar surface area (TPSA) is 85.8 Å². The maximum Gasteiger partial charge on any atom is 0.407 e. The van der Waals surface area contributed by atoms with E-state index in [0.717, 1.165) is 48.4 Å². The lowest BCUT2D eigenvalue weighted by Crippen LogP contribution is -2.39. The molecule has 1 spiro atoms. The van der Waals surface area contributed by atoms with Gasteiger partial charge in [0.25, 0.3) is 5.79 Å². The van der Waals surface area contributed by atoms with Crippen LogP contribution in [-0.4, -0.2) is 41.0 Å². The van der Waals surface area contributed by atoms with Crippen LogP contribution in [0.3, 0.4) is 0 Å². The fourth-order valence-corrected chi connectivity index (χ4v) is 4.31. The first-order valence-electron chi connectivity index (χ1n) is 10.3. The number of nitrogens with zero attached hydrogens (tertiary/aromatic N) is 3. The Morgan fingerprint density at radius 3 is 2.90 bits per heavy atom. The van der Waals surface area contributed by atoms with Crippen LogP contribution < -0.4 is 10.2 Å². The molecule has 8 nitrogen and oxygen atoms in total. The number of carbonyl (C=O) groups excluding carboxylic acids is 1. The highest BCUT2D eigenvalue weighted by Gasteiger charge is 2.42. The lowest BCUT2D eigenvalue weighted by atomic mass is 9.91. The molecule has 1 atom stereocenters. The monoisotopic (exact) mass is 408 g/mol. The van der Waals surface area contributed by atoms with E-state index in [1.54, 1.807) is 18.9 Å². The van der Waals surface area contributed by atoms with Crippen molar-refractivity contribution in [1.29, 1.82) is 0 Å². The quantitative estimate of drug-likeness (QED) is 0.832. The Morgan fingerprint density at radius 2 is 2.07 bits per heavy atom. The number of anilines is 1. The Kier molecular flexibility index (Phi) is 4.90. The highest BCUT2D eigenvalue weighted by molar-refractivity contribution is 5.68. The Morgan fingerprint density at radius 1 is 1.23 bits per heavy atom. The number of amides is 1. The highest BCUT2D eigenvalue weighted by atomic mass is 16.7. The number of aromatic nitrogens is 2. The summed E-state index contributed by atoms with van der Waals surface area (Å²) in [6.45, 7) is 1.79. The van der Waals surface area contributed by atoms with E-state index >= 15 is 0 Å². The number of hydrogen-bond acceptors (Lipinski definition) is 7. The molecule has 0 unspecified atom stereocenters. The highest BCUT2D eigenvalue weighted by Crippen LogP contribution is 2.38. The molecular formula is C22H24N4O4. The van der Waals surface area contributed by atoms with E-state index in [1.165, 1.54) is 0 Å². The summed E-state index contributed by atoms with van der Waals surface area (Å²) in [7, 11) is 0. The fourth-order valence-electron chi connectivity index (χ4n) is 4.31. The normalized spacial score (nSPS) is 21.1. The van der Waals surface area contributed by atoms with E-state index in [1.807, 2.05) is 30.3 Å². The number of alkyl carbamates (subject to hydrolysis) is 1. The smallest absolute Gasteiger partial charge is 0.407 e. The molecular weight excluding hydrogens is 384 g/mol. The van der Waals surface area contributed by atoms with Crippen LogP contribution in [0.15, 0.2) is 49.2 Å². The van der Waals surface area contributed by atoms with Gasteiger partial charge in [-0.25, -0.2) is 14.8 Å². The second-order valence-corrected chi connectivity index (χ2v) is 7.86. The molecule has 2 aromatic rings. The lowest BCUT2D eigenvalue weighted by molar-refractivity contribution is -0.149. The van der Waals surface area contributed by atoms with Gasteiger partial charge in [0, 0.05) is 25.1 Å². The van der Waals surface area contributed by atoms with Gasteiger partial charge in [-0.15, -0.1) is 0 Å². The predicted molar refractivity (Wildman–Crippen MR) is 108 cm³/mol. The van der Waals surface area contributed by atoms with Crippen LogP contribution >= 0.6 is 0 Å². The van der Waals surface area contributed by atoms with E-state index in [4.69, 9.17) is 14.2 Å². The van der Waals surface area contributed by atoms with Gasteiger partial charge in [0.05, 0.1) is 18.2 Å². The first kappa shape index (κ1) is 18.7. The molecule has 1 N–H and O–H groups in total. The maximum atomic E-state index is 12.2. The van der Waals surface area contributed by atoms with Crippen LogP contribution in [0.25, 0.3) is 0 Å². The second kappa shape index (κ2) is 7.85. The SMILES string of the molecule is O=C(N[C@@H]1CCN(c2ncnc3c2CCC2(C3)OC=CO2)C1)OCc1ccccc1. The minimum absolute atomic E-state index is 0.0273. The van der Waals surface area contributed by atoms with Crippen LogP contribution in [0.2, 0.25) is 0 Å². The molecule has 1 amide bonds. The van der Waals surface area contributed by atoms with Crippen LogP contribution in [0, 0.1) is 0 Å². The Bertz CT molecular complexity index is 941. The van der Waals surface area contributed by atoms with E-state index < -0.39 is 5.79 Å². The van der Waals surface area contributed by atoms with E-state index in [-0.39, 0.29) is 18.7 Å². The Balaban J connectivity index is 1.19. The minimum Gasteiger partial charge on any atom is -0.456 e. The average Bonchev–Trinajstić information content (AvgIpc) is 3.42. The third-order valence-corrected chi connectivity index (χ3v) is 5.85. The Hall–Kier alpha value is -3.29. The molecule has 0 bridgehead atoms.